The number of amides is 1. The average Bonchev–Trinajstić information content (AvgIpc) is 3.46. The minimum absolute atomic E-state index is 0.0236. The molecule has 6 heteroatoms. The van der Waals surface area contributed by atoms with E-state index >= 15 is 0 Å². The number of hydrogen-bond acceptors (Lipinski definition) is 5. The molecule has 2 aromatic carbocycles. The number of rotatable bonds is 6. The molecule has 2 heterocycles. The number of hydrogen-bond donors (Lipinski definition) is 1. The van der Waals surface area contributed by atoms with Gasteiger partial charge in [0.1, 0.15) is 13.2 Å². The Morgan fingerprint density at radius 1 is 0.867 bits per heavy atom. The van der Waals surface area contributed by atoms with Gasteiger partial charge in [-0.2, -0.15) is 0 Å². The third-order valence-corrected chi connectivity index (χ3v) is 6.42. The van der Waals surface area contributed by atoms with Gasteiger partial charge in [0.05, 0.1) is 0 Å². The van der Waals surface area contributed by atoms with Gasteiger partial charge in [-0.1, -0.05) is 25.0 Å². The van der Waals surface area contributed by atoms with Crippen LogP contribution in [0.4, 0.5) is 0 Å². The number of carbonyl (C=O) groups excluding carboxylic acids is 1. The third-order valence-electron chi connectivity index (χ3n) is 6.42. The van der Waals surface area contributed by atoms with Crippen LogP contribution in [-0.4, -0.2) is 32.5 Å². The Bertz CT molecular complexity index is 935. The van der Waals surface area contributed by atoms with E-state index in [1.807, 2.05) is 24.3 Å². The van der Waals surface area contributed by atoms with Crippen molar-refractivity contribution in [1.82, 2.24) is 5.32 Å². The molecule has 1 aliphatic carbocycles. The fraction of sp³-hybridized carbons (Fsp3) is 0.458. The monoisotopic (exact) mass is 409 g/mol. The summed E-state index contributed by atoms with van der Waals surface area (Å²) in [6.07, 6.45) is 5.66. The molecule has 0 bridgehead atoms. The van der Waals surface area contributed by atoms with E-state index in [0.29, 0.717) is 32.6 Å². The van der Waals surface area contributed by atoms with Crippen LogP contribution in [0.15, 0.2) is 36.4 Å². The molecule has 0 atom stereocenters. The van der Waals surface area contributed by atoms with Crippen LogP contribution in [0.5, 0.6) is 23.0 Å². The van der Waals surface area contributed by atoms with Crippen molar-refractivity contribution in [2.75, 3.05) is 26.6 Å². The Labute approximate surface area is 176 Å². The van der Waals surface area contributed by atoms with Crippen LogP contribution in [0.3, 0.4) is 0 Å². The molecule has 0 radical (unpaired) electrons. The van der Waals surface area contributed by atoms with Crippen molar-refractivity contribution in [2.45, 2.75) is 43.9 Å². The Balaban J connectivity index is 1.21. The van der Waals surface area contributed by atoms with Crippen molar-refractivity contribution in [3.63, 3.8) is 0 Å². The molecule has 0 saturated heterocycles. The number of ether oxygens (including phenoxy) is 4. The summed E-state index contributed by atoms with van der Waals surface area (Å²) in [6, 6.07) is 12.1. The number of aryl methyl sites for hydroxylation is 1. The van der Waals surface area contributed by atoms with Gasteiger partial charge in [-0.3, -0.25) is 4.79 Å². The molecule has 2 aromatic rings. The molecule has 0 spiro atoms. The van der Waals surface area contributed by atoms with Gasteiger partial charge >= 0.3 is 0 Å². The van der Waals surface area contributed by atoms with E-state index in [4.69, 9.17) is 18.9 Å². The van der Waals surface area contributed by atoms with Gasteiger partial charge in [-0.05, 0) is 54.7 Å². The highest BCUT2D eigenvalue weighted by molar-refractivity contribution is 5.76. The number of benzene rings is 2. The van der Waals surface area contributed by atoms with Crippen molar-refractivity contribution in [1.29, 1.82) is 0 Å². The van der Waals surface area contributed by atoms with Gasteiger partial charge in [0.25, 0.3) is 0 Å². The molecule has 1 fully saturated rings. The predicted molar refractivity (Wildman–Crippen MR) is 111 cm³/mol. The molecule has 2 aliphatic heterocycles. The van der Waals surface area contributed by atoms with Gasteiger partial charge in [0.15, 0.2) is 23.0 Å². The average molecular weight is 409 g/mol. The van der Waals surface area contributed by atoms with Gasteiger partial charge in [0.2, 0.25) is 12.7 Å². The maximum Gasteiger partial charge on any atom is 0.231 e. The van der Waals surface area contributed by atoms with E-state index < -0.39 is 0 Å². The minimum Gasteiger partial charge on any atom is -0.486 e. The van der Waals surface area contributed by atoms with E-state index in [2.05, 4.69) is 17.4 Å². The van der Waals surface area contributed by atoms with Gasteiger partial charge in [-0.25, -0.2) is 0 Å². The molecule has 6 nitrogen and oxygen atoms in total. The summed E-state index contributed by atoms with van der Waals surface area (Å²) in [5.41, 5.74) is 2.29. The molecule has 1 saturated carbocycles. The highest BCUT2D eigenvalue weighted by atomic mass is 16.7. The summed E-state index contributed by atoms with van der Waals surface area (Å²) in [7, 11) is 0. The quantitative estimate of drug-likeness (QED) is 0.787. The molecule has 30 heavy (non-hydrogen) atoms. The lowest BCUT2D eigenvalue weighted by Gasteiger charge is -2.31. The molecule has 0 aromatic heterocycles. The zero-order valence-electron chi connectivity index (χ0n) is 17.1. The van der Waals surface area contributed by atoms with E-state index in [1.54, 1.807) is 0 Å². The first-order valence-corrected chi connectivity index (χ1v) is 10.8. The highest BCUT2D eigenvalue weighted by Crippen LogP contribution is 2.44. The standard InChI is InChI=1S/C24H27NO5/c26-23(8-4-17-3-6-20-21(13-17)30-16-29-20)25-15-24(9-1-2-10-24)18-5-7-19-22(14-18)28-12-11-27-19/h3,5-7,13-14H,1-2,4,8-12,15-16H2,(H,25,26). The first-order chi connectivity index (χ1) is 14.7. The van der Waals surface area contributed by atoms with E-state index in [9.17, 15) is 4.79 Å². The van der Waals surface area contributed by atoms with E-state index in [1.165, 1.54) is 18.4 Å². The van der Waals surface area contributed by atoms with Crippen LogP contribution in [-0.2, 0) is 16.6 Å². The normalized spacial score (nSPS) is 18.3. The number of nitrogens with one attached hydrogen (secondary N) is 1. The maximum atomic E-state index is 12.6. The van der Waals surface area contributed by atoms with E-state index in [0.717, 1.165) is 41.4 Å². The number of fused-ring (bicyclic) bond motifs is 2. The molecule has 0 unspecified atom stereocenters. The Morgan fingerprint density at radius 3 is 2.43 bits per heavy atom. The molecular formula is C24H27NO5. The van der Waals surface area contributed by atoms with Crippen molar-refractivity contribution < 1.29 is 23.7 Å². The first kappa shape index (κ1) is 19.1. The van der Waals surface area contributed by atoms with Crippen LogP contribution < -0.4 is 24.3 Å². The van der Waals surface area contributed by atoms with Crippen molar-refractivity contribution in [3.8, 4) is 23.0 Å². The molecule has 1 N–H and O–H groups in total. The van der Waals surface area contributed by atoms with Crippen LogP contribution in [0.25, 0.3) is 0 Å². The molecule has 1 amide bonds. The SMILES string of the molecule is O=C(CCc1ccc2c(c1)OCO2)NCC1(c2ccc3c(c2)OCCO3)CCCC1. The van der Waals surface area contributed by atoms with Gasteiger partial charge < -0.3 is 24.3 Å². The lowest BCUT2D eigenvalue weighted by molar-refractivity contribution is -0.121. The fourth-order valence-corrected chi connectivity index (χ4v) is 4.70. The minimum atomic E-state index is -0.0236. The fourth-order valence-electron chi connectivity index (χ4n) is 4.70. The largest absolute Gasteiger partial charge is 0.486 e. The maximum absolute atomic E-state index is 12.6. The molecule has 158 valence electrons. The summed E-state index contributed by atoms with van der Waals surface area (Å²) >= 11 is 0. The summed E-state index contributed by atoms with van der Waals surface area (Å²) in [5.74, 6) is 3.24. The van der Waals surface area contributed by atoms with E-state index in [-0.39, 0.29) is 18.1 Å². The van der Waals surface area contributed by atoms with Gasteiger partial charge in [0, 0.05) is 18.4 Å². The summed E-state index contributed by atoms with van der Waals surface area (Å²) in [5, 5.41) is 3.20. The van der Waals surface area contributed by atoms with Crippen LogP contribution in [0.1, 0.15) is 43.2 Å². The second-order valence-corrected chi connectivity index (χ2v) is 8.31. The second-order valence-electron chi connectivity index (χ2n) is 8.31. The lowest BCUT2D eigenvalue weighted by Crippen LogP contribution is -2.39. The third kappa shape index (κ3) is 3.78. The Hall–Kier alpha value is -2.89. The summed E-state index contributed by atoms with van der Waals surface area (Å²) < 4.78 is 22.2. The van der Waals surface area contributed by atoms with Crippen molar-refractivity contribution in [2.24, 2.45) is 0 Å². The topological polar surface area (TPSA) is 66.0 Å². The Kier molecular flexibility index (Phi) is 5.15. The van der Waals surface area contributed by atoms with Crippen molar-refractivity contribution >= 4 is 5.91 Å². The second kappa shape index (κ2) is 8.09. The van der Waals surface area contributed by atoms with Crippen molar-refractivity contribution in [3.05, 3.63) is 47.5 Å². The summed E-state index contributed by atoms with van der Waals surface area (Å²) in [4.78, 5) is 12.6. The molecule has 5 rings (SSSR count). The molecular weight excluding hydrogens is 382 g/mol. The lowest BCUT2D eigenvalue weighted by atomic mass is 9.78. The summed E-state index contributed by atoms with van der Waals surface area (Å²) in [6.45, 7) is 2.10. The predicted octanol–water partition coefficient (Wildman–Crippen LogP) is 3.75. The zero-order valence-corrected chi connectivity index (χ0v) is 17.1. The zero-order chi connectivity index (χ0) is 20.4. The van der Waals surface area contributed by atoms with Crippen LogP contribution in [0, 0.1) is 0 Å². The first-order valence-electron chi connectivity index (χ1n) is 10.8. The van der Waals surface area contributed by atoms with Gasteiger partial charge in [-0.15, -0.1) is 0 Å². The molecule has 3 aliphatic rings. The highest BCUT2D eigenvalue weighted by Gasteiger charge is 2.36. The van der Waals surface area contributed by atoms with Crippen LogP contribution >= 0.6 is 0 Å². The number of carbonyl (C=O) groups is 1. The van der Waals surface area contributed by atoms with Crippen LogP contribution in [0.2, 0.25) is 0 Å². The smallest absolute Gasteiger partial charge is 0.231 e. The Morgan fingerprint density at radius 2 is 1.57 bits per heavy atom.